The summed E-state index contributed by atoms with van der Waals surface area (Å²) in [5, 5.41) is 3.21. The minimum Gasteiger partial charge on any atom is -0.452 e. The summed E-state index contributed by atoms with van der Waals surface area (Å²) in [6, 6.07) is 9.43. The summed E-state index contributed by atoms with van der Waals surface area (Å²) in [7, 11) is 0. The molecular formula is C28H26ClFN2O5. The Balaban J connectivity index is 1.62. The fraction of sp³-hybridized carbons (Fsp3) is 0.286. The first-order valence-corrected chi connectivity index (χ1v) is 12.1. The molecule has 0 aliphatic heterocycles. The van der Waals surface area contributed by atoms with Crippen LogP contribution in [0.5, 0.6) is 0 Å². The SMILES string of the molecule is CC(=O)CCCCCC(=O)OCC#Cc1cc(F)c2[nH]cc(C(=O)NCc3ccc(Cl)cc3)c(=O)c2c1. The molecule has 2 aromatic carbocycles. The third kappa shape index (κ3) is 8.29. The van der Waals surface area contributed by atoms with Crippen molar-refractivity contribution in [3.63, 3.8) is 0 Å². The second kappa shape index (κ2) is 13.4. The highest BCUT2D eigenvalue weighted by Gasteiger charge is 2.15. The Morgan fingerprint density at radius 3 is 2.54 bits per heavy atom. The van der Waals surface area contributed by atoms with Crippen molar-refractivity contribution in [2.75, 3.05) is 6.61 Å². The minimum atomic E-state index is -0.699. The molecule has 0 unspecified atom stereocenters. The molecule has 0 saturated carbocycles. The highest BCUT2D eigenvalue weighted by Crippen LogP contribution is 2.16. The van der Waals surface area contributed by atoms with Crippen LogP contribution in [0, 0.1) is 17.7 Å². The molecule has 0 aliphatic carbocycles. The molecule has 3 aromatic rings. The molecule has 0 spiro atoms. The van der Waals surface area contributed by atoms with Gasteiger partial charge in [0, 0.05) is 36.2 Å². The van der Waals surface area contributed by atoms with Gasteiger partial charge in [-0.2, -0.15) is 0 Å². The number of ether oxygens (including phenoxy) is 1. The number of benzene rings is 2. The van der Waals surface area contributed by atoms with Crippen molar-refractivity contribution >= 4 is 40.2 Å². The topological polar surface area (TPSA) is 105 Å². The van der Waals surface area contributed by atoms with E-state index in [9.17, 15) is 23.6 Å². The number of H-pyrrole nitrogens is 1. The van der Waals surface area contributed by atoms with Gasteiger partial charge in [-0.15, -0.1) is 0 Å². The molecule has 0 aliphatic rings. The molecule has 192 valence electrons. The van der Waals surface area contributed by atoms with Gasteiger partial charge in [-0.3, -0.25) is 14.4 Å². The number of pyridine rings is 1. The summed E-state index contributed by atoms with van der Waals surface area (Å²) < 4.78 is 19.6. The monoisotopic (exact) mass is 524 g/mol. The number of rotatable bonds is 10. The zero-order chi connectivity index (χ0) is 26.8. The maximum absolute atomic E-state index is 14.6. The summed E-state index contributed by atoms with van der Waals surface area (Å²) >= 11 is 5.86. The molecule has 1 aromatic heterocycles. The van der Waals surface area contributed by atoms with E-state index in [-0.39, 0.29) is 47.4 Å². The van der Waals surface area contributed by atoms with Gasteiger partial charge in [-0.1, -0.05) is 42.0 Å². The number of aromatic nitrogens is 1. The number of Topliss-reactive ketones (excluding diaryl/α,β-unsaturated/α-hetero) is 1. The van der Waals surface area contributed by atoms with Crippen LogP contribution in [0.15, 0.2) is 47.4 Å². The lowest BCUT2D eigenvalue weighted by molar-refractivity contribution is -0.142. The first-order chi connectivity index (χ1) is 17.7. The molecule has 3 rings (SSSR count). The lowest BCUT2D eigenvalue weighted by Crippen LogP contribution is -2.28. The summed E-state index contributed by atoms with van der Waals surface area (Å²) in [5.41, 5.74) is 0.159. The molecule has 2 N–H and O–H groups in total. The number of carbonyl (C=O) groups is 3. The quantitative estimate of drug-likeness (QED) is 0.227. The van der Waals surface area contributed by atoms with E-state index in [1.54, 1.807) is 24.3 Å². The van der Waals surface area contributed by atoms with Crippen LogP contribution in [0.1, 0.15) is 60.5 Å². The number of carbonyl (C=O) groups excluding carboxylic acids is 3. The zero-order valence-electron chi connectivity index (χ0n) is 20.3. The van der Waals surface area contributed by atoms with Gasteiger partial charge in [0.05, 0.1) is 10.9 Å². The van der Waals surface area contributed by atoms with Crippen molar-refractivity contribution in [1.29, 1.82) is 0 Å². The maximum atomic E-state index is 14.6. The Bertz CT molecular complexity index is 1420. The summed E-state index contributed by atoms with van der Waals surface area (Å²) in [6.45, 7) is 1.53. The molecule has 0 atom stereocenters. The van der Waals surface area contributed by atoms with Crippen molar-refractivity contribution in [2.24, 2.45) is 0 Å². The van der Waals surface area contributed by atoms with Gasteiger partial charge in [0.25, 0.3) is 5.91 Å². The maximum Gasteiger partial charge on any atom is 0.306 e. The van der Waals surface area contributed by atoms with E-state index in [2.05, 4.69) is 22.1 Å². The van der Waals surface area contributed by atoms with Crippen LogP contribution < -0.4 is 10.7 Å². The van der Waals surface area contributed by atoms with Crippen LogP contribution in [0.2, 0.25) is 5.02 Å². The van der Waals surface area contributed by atoms with Crippen LogP contribution in [0.3, 0.4) is 0 Å². The molecular weight excluding hydrogens is 499 g/mol. The van der Waals surface area contributed by atoms with Crippen LogP contribution in [-0.4, -0.2) is 29.3 Å². The highest BCUT2D eigenvalue weighted by molar-refractivity contribution is 6.30. The number of hydrogen-bond donors (Lipinski definition) is 2. The van der Waals surface area contributed by atoms with E-state index < -0.39 is 23.1 Å². The number of aromatic amines is 1. The number of fused-ring (bicyclic) bond motifs is 1. The molecule has 9 heteroatoms. The van der Waals surface area contributed by atoms with Gasteiger partial charge in [0.1, 0.15) is 17.2 Å². The van der Waals surface area contributed by atoms with Gasteiger partial charge >= 0.3 is 5.97 Å². The zero-order valence-corrected chi connectivity index (χ0v) is 21.0. The fourth-order valence-electron chi connectivity index (χ4n) is 3.56. The van der Waals surface area contributed by atoms with E-state index in [1.165, 1.54) is 19.2 Å². The summed E-state index contributed by atoms with van der Waals surface area (Å²) in [6.07, 6.45) is 4.01. The molecule has 1 heterocycles. The van der Waals surface area contributed by atoms with E-state index >= 15 is 0 Å². The predicted molar refractivity (Wildman–Crippen MR) is 139 cm³/mol. The molecule has 0 fully saturated rings. The van der Waals surface area contributed by atoms with E-state index in [1.807, 2.05) is 0 Å². The molecule has 1 amide bonds. The summed E-state index contributed by atoms with van der Waals surface area (Å²) in [5.74, 6) is 3.72. The van der Waals surface area contributed by atoms with Gasteiger partial charge in [0.2, 0.25) is 5.43 Å². The standard InChI is InChI=1S/C28H26ClFN2O5/c1-18(33)6-3-2-4-8-25(34)37-13-5-7-20-14-22-26(24(30)15-20)31-17-23(27(22)35)28(36)32-16-19-9-11-21(29)12-10-19/h9-12,14-15,17H,2-4,6,8,13,16H2,1H3,(H,31,35)(H,32,36). The smallest absolute Gasteiger partial charge is 0.306 e. The van der Waals surface area contributed by atoms with Crippen molar-refractivity contribution in [3.05, 3.63) is 80.3 Å². The van der Waals surface area contributed by atoms with Crippen LogP contribution in [-0.2, 0) is 20.9 Å². The van der Waals surface area contributed by atoms with Crippen LogP contribution >= 0.6 is 11.6 Å². The van der Waals surface area contributed by atoms with Crippen LogP contribution in [0.25, 0.3) is 10.9 Å². The van der Waals surface area contributed by atoms with E-state index in [0.717, 1.165) is 24.5 Å². The third-order valence-electron chi connectivity index (χ3n) is 5.50. The number of unbranched alkanes of at least 4 members (excludes halogenated alkanes) is 2. The predicted octanol–water partition coefficient (Wildman–Crippen LogP) is 4.68. The number of hydrogen-bond acceptors (Lipinski definition) is 5. The van der Waals surface area contributed by atoms with Gasteiger partial charge < -0.3 is 19.8 Å². The Kier molecular flexibility index (Phi) is 9.99. The first kappa shape index (κ1) is 27.6. The Morgan fingerprint density at radius 1 is 1.08 bits per heavy atom. The first-order valence-electron chi connectivity index (χ1n) is 11.8. The average molecular weight is 525 g/mol. The summed E-state index contributed by atoms with van der Waals surface area (Å²) in [4.78, 5) is 50.9. The average Bonchev–Trinajstić information content (AvgIpc) is 2.86. The molecule has 0 bridgehead atoms. The number of nitrogens with one attached hydrogen (secondary N) is 2. The lowest BCUT2D eigenvalue weighted by atomic mass is 10.1. The largest absolute Gasteiger partial charge is 0.452 e. The van der Waals surface area contributed by atoms with Crippen molar-refractivity contribution in [2.45, 2.75) is 45.6 Å². The Morgan fingerprint density at radius 2 is 1.81 bits per heavy atom. The van der Waals surface area contributed by atoms with Gasteiger partial charge in [-0.25, -0.2) is 4.39 Å². The highest BCUT2D eigenvalue weighted by atomic mass is 35.5. The Hall–Kier alpha value is -3.96. The normalized spacial score (nSPS) is 10.5. The van der Waals surface area contributed by atoms with E-state index in [0.29, 0.717) is 17.9 Å². The second-order valence-corrected chi connectivity index (χ2v) is 8.88. The number of amides is 1. The van der Waals surface area contributed by atoms with Crippen LogP contribution in [0.4, 0.5) is 4.39 Å². The third-order valence-corrected chi connectivity index (χ3v) is 5.75. The number of esters is 1. The van der Waals surface area contributed by atoms with Gasteiger partial charge in [0.15, 0.2) is 6.61 Å². The van der Waals surface area contributed by atoms with E-state index in [4.69, 9.17) is 16.3 Å². The second-order valence-electron chi connectivity index (χ2n) is 8.45. The van der Waals surface area contributed by atoms with Crippen molar-refractivity contribution in [1.82, 2.24) is 10.3 Å². The van der Waals surface area contributed by atoms with Crippen molar-refractivity contribution < 1.29 is 23.5 Å². The minimum absolute atomic E-state index is 0.0222. The lowest BCUT2D eigenvalue weighted by Gasteiger charge is -2.07. The molecule has 0 saturated heterocycles. The number of halogens is 2. The molecule has 0 radical (unpaired) electrons. The Labute approximate surface area is 218 Å². The van der Waals surface area contributed by atoms with Crippen molar-refractivity contribution in [3.8, 4) is 11.8 Å². The fourth-order valence-corrected chi connectivity index (χ4v) is 3.68. The molecule has 37 heavy (non-hydrogen) atoms. The van der Waals surface area contributed by atoms with Gasteiger partial charge in [-0.05, 0) is 49.6 Å². The molecule has 7 nitrogen and oxygen atoms in total. The number of ketones is 1.